The molecule has 2 aromatic carbocycles. The molecule has 0 saturated heterocycles. The SMILES string of the molecule is CC(C)(C)OC(=O)N(Cc1ccc(C(=O)NCc2noc(=O)[nH]2)cc1)c1ccc(C(C)(C)C)cc1. The van der Waals surface area contributed by atoms with Gasteiger partial charge in [0, 0.05) is 11.3 Å². The van der Waals surface area contributed by atoms with Gasteiger partial charge in [-0.15, -0.1) is 0 Å². The zero-order valence-corrected chi connectivity index (χ0v) is 21.0. The number of nitrogens with one attached hydrogen (secondary N) is 2. The molecule has 0 radical (unpaired) electrons. The van der Waals surface area contributed by atoms with Crippen molar-refractivity contribution in [3.05, 3.63) is 81.6 Å². The zero-order valence-electron chi connectivity index (χ0n) is 21.0. The molecule has 0 fully saturated rings. The number of hydrogen-bond donors (Lipinski definition) is 2. The van der Waals surface area contributed by atoms with Gasteiger partial charge < -0.3 is 10.1 Å². The van der Waals surface area contributed by atoms with Crippen molar-refractivity contribution < 1.29 is 18.8 Å². The lowest BCUT2D eigenvalue weighted by Gasteiger charge is -2.28. The fraction of sp³-hybridized carbons (Fsp3) is 0.385. The summed E-state index contributed by atoms with van der Waals surface area (Å²) in [6.07, 6.45) is -0.454. The van der Waals surface area contributed by atoms with Crippen molar-refractivity contribution in [1.82, 2.24) is 15.5 Å². The van der Waals surface area contributed by atoms with Crippen molar-refractivity contribution in [2.45, 2.75) is 65.6 Å². The number of amides is 2. The summed E-state index contributed by atoms with van der Waals surface area (Å²) in [5.41, 5.74) is 2.49. The number of aromatic amines is 1. The maximum Gasteiger partial charge on any atom is 0.438 e. The fourth-order valence-electron chi connectivity index (χ4n) is 3.27. The molecule has 3 aromatic rings. The Hall–Kier alpha value is -3.88. The Kier molecular flexibility index (Phi) is 7.48. The van der Waals surface area contributed by atoms with Crippen LogP contribution in [0, 0.1) is 0 Å². The molecule has 186 valence electrons. The van der Waals surface area contributed by atoms with Gasteiger partial charge in [-0.05, 0) is 61.6 Å². The van der Waals surface area contributed by atoms with Crippen LogP contribution >= 0.6 is 0 Å². The molecule has 2 N–H and O–H groups in total. The van der Waals surface area contributed by atoms with Crippen LogP contribution in [0.15, 0.2) is 57.8 Å². The monoisotopic (exact) mass is 480 g/mol. The highest BCUT2D eigenvalue weighted by atomic mass is 16.6. The highest BCUT2D eigenvalue weighted by molar-refractivity contribution is 5.94. The summed E-state index contributed by atoms with van der Waals surface area (Å²) >= 11 is 0. The summed E-state index contributed by atoms with van der Waals surface area (Å²) in [4.78, 5) is 40.4. The molecular weight excluding hydrogens is 448 g/mol. The number of ether oxygens (including phenoxy) is 1. The molecule has 0 unspecified atom stereocenters. The van der Waals surface area contributed by atoms with Gasteiger partial charge in [-0.1, -0.05) is 50.2 Å². The molecule has 0 atom stereocenters. The quantitative estimate of drug-likeness (QED) is 0.535. The summed E-state index contributed by atoms with van der Waals surface area (Å²) in [6, 6.07) is 14.8. The lowest BCUT2D eigenvalue weighted by molar-refractivity contribution is 0.0577. The molecule has 0 aliphatic carbocycles. The highest BCUT2D eigenvalue weighted by Crippen LogP contribution is 2.27. The van der Waals surface area contributed by atoms with Gasteiger partial charge in [-0.25, -0.2) is 9.59 Å². The van der Waals surface area contributed by atoms with Crippen molar-refractivity contribution >= 4 is 17.7 Å². The normalized spacial score (nSPS) is 11.7. The lowest BCUT2D eigenvalue weighted by Crippen LogP contribution is -2.36. The van der Waals surface area contributed by atoms with Gasteiger partial charge >= 0.3 is 11.8 Å². The number of carbonyl (C=O) groups excluding carboxylic acids is 2. The molecule has 1 aromatic heterocycles. The average Bonchev–Trinajstić information content (AvgIpc) is 3.19. The zero-order chi connectivity index (χ0) is 25.8. The number of aromatic nitrogens is 2. The first-order valence-electron chi connectivity index (χ1n) is 11.3. The van der Waals surface area contributed by atoms with E-state index in [2.05, 4.69) is 40.8 Å². The third kappa shape index (κ3) is 7.30. The van der Waals surface area contributed by atoms with E-state index in [4.69, 9.17) is 4.74 Å². The van der Waals surface area contributed by atoms with Crippen LogP contribution in [0.3, 0.4) is 0 Å². The summed E-state index contributed by atoms with van der Waals surface area (Å²) < 4.78 is 10.1. The van der Waals surface area contributed by atoms with Gasteiger partial charge in [0.2, 0.25) is 0 Å². The second kappa shape index (κ2) is 10.2. The second-order valence-corrected chi connectivity index (χ2v) is 10.3. The maximum atomic E-state index is 13.0. The Morgan fingerprint density at radius 3 is 2.14 bits per heavy atom. The summed E-state index contributed by atoms with van der Waals surface area (Å²) in [7, 11) is 0. The van der Waals surface area contributed by atoms with E-state index < -0.39 is 17.5 Å². The molecule has 0 aliphatic heterocycles. The van der Waals surface area contributed by atoms with Crippen LogP contribution < -0.4 is 16.0 Å². The van der Waals surface area contributed by atoms with E-state index in [1.165, 1.54) is 0 Å². The minimum absolute atomic E-state index is 0.00530. The number of H-pyrrole nitrogens is 1. The average molecular weight is 481 g/mol. The van der Waals surface area contributed by atoms with Gasteiger partial charge in [0.05, 0.1) is 13.1 Å². The first-order valence-corrected chi connectivity index (χ1v) is 11.3. The molecule has 2 amide bonds. The van der Waals surface area contributed by atoms with E-state index in [0.717, 1.165) is 16.8 Å². The number of benzene rings is 2. The van der Waals surface area contributed by atoms with Crippen molar-refractivity contribution in [3.63, 3.8) is 0 Å². The van der Waals surface area contributed by atoms with E-state index in [1.807, 2.05) is 45.0 Å². The summed E-state index contributed by atoms with van der Waals surface area (Å²) in [6.45, 7) is 12.2. The fourth-order valence-corrected chi connectivity index (χ4v) is 3.27. The minimum Gasteiger partial charge on any atom is -0.443 e. The van der Waals surface area contributed by atoms with E-state index in [9.17, 15) is 14.4 Å². The number of nitrogens with zero attached hydrogens (tertiary/aromatic N) is 2. The largest absolute Gasteiger partial charge is 0.443 e. The molecule has 9 heteroatoms. The van der Waals surface area contributed by atoms with Crippen LogP contribution in [0.5, 0.6) is 0 Å². The van der Waals surface area contributed by atoms with Crippen LogP contribution in [0.1, 0.15) is 68.9 Å². The third-order valence-corrected chi connectivity index (χ3v) is 5.12. The lowest BCUT2D eigenvalue weighted by atomic mass is 9.87. The molecule has 0 aliphatic rings. The molecule has 0 bridgehead atoms. The molecular formula is C26H32N4O5. The molecule has 1 heterocycles. The topological polar surface area (TPSA) is 118 Å². The van der Waals surface area contributed by atoms with E-state index in [1.54, 1.807) is 29.2 Å². The van der Waals surface area contributed by atoms with Crippen LogP contribution in [0.2, 0.25) is 0 Å². The Balaban J connectivity index is 1.75. The van der Waals surface area contributed by atoms with Crippen LogP contribution in [-0.4, -0.2) is 27.7 Å². The molecule has 3 rings (SSSR count). The highest BCUT2D eigenvalue weighted by Gasteiger charge is 2.24. The van der Waals surface area contributed by atoms with E-state index in [-0.39, 0.29) is 30.2 Å². The van der Waals surface area contributed by atoms with Gasteiger partial charge in [0.15, 0.2) is 5.82 Å². The number of rotatable bonds is 6. The number of carbonyl (C=O) groups is 2. The number of anilines is 1. The minimum atomic E-state index is -0.679. The Labute approximate surface area is 204 Å². The predicted octanol–water partition coefficient (Wildman–Crippen LogP) is 4.53. The Morgan fingerprint density at radius 2 is 1.63 bits per heavy atom. The number of hydrogen-bond acceptors (Lipinski definition) is 6. The molecule has 0 saturated carbocycles. The first-order chi connectivity index (χ1) is 16.3. The molecule has 0 spiro atoms. The smallest absolute Gasteiger partial charge is 0.438 e. The van der Waals surface area contributed by atoms with Crippen molar-refractivity contribution in [2.75, 3.05) is 4.90 Å². The summed E-state index contributed by atoms with van der Waals surface area (Å²) in [5.74, 6) is -0.784. The molecule has 35 heavy (non-hydrogen) atoms. The van der Waals surface area contributed by atoms with E-state index in [0.29, 0.717) is 5.56 Å². The maximum absolute atomic E-state index is 13.0. The van der Waals surface area contributed by atoms with Gasteiger partial charge in [0.25, 0.3) is 5.91 Å². The van der Waals surface area contributed by atoms with Crippen molar-refractivity contribution in [2.24, 2.45) is 0 Å². The Bertz CT molecular complexity index is 1210. The van der Waals surface area contributed by atoms with Gasteiger partial charge in [-0.2, -0.15) is 0 Å². The van der Waals surface area contributed by atoms with Crippen LogP contribution in [0.4, 0.5) is 10.5 Å². The van der Waals surface area contributed by atoms with Crippen LogP contribution in [0.25, 0.3) is 0 Å². The van der Waals surface area contributed by atoms with Crippen LogP contribution in [-0.2, 0) is 23.2 Å². The first kappa shape index (κ1) is 25.7. The second-order valence-electron chi connectivity index (χ2n) is 10.3. The predicted molar refractivity (Wildman–Crippen MR) is 132 cm³/mol. The van der Waals surface area contributed by atoms with Gasteiger partial charge in [-0.3, -0.25) is 19.2 Å². The third-order valence-electron chi connectivity index (χ3n) is 5.12. The standard InChI is InChI=1S/C26H32N4O5/c1-25(2,3)19-11-13-20(14-12-19)30(24(33)34-26(4,5)6)16-17-7-9-18(10-8-17)22(31)27-15-21-28-23(32)35-29-21/h7-14H,15-16H2,1-6H3,(H,27,31)(H,28,29,32). The van der Waals surface area contributed by atoms with Crippen molar-refractivity contribution in [1.29, 1.82) is 0 Å². The molecule has 9 nitrogen and oxygen atoms in total. The van der Waals surface area contributed by atoms with Crippen molar-refractivity contribution in [3.8, 4) is 0 Å². The van der Waals surface area contributed by atoms with E-state index >= 15 is 0 Å². The Morgan fingerprint density at radius 1 is 1.00 bits per heavy atom. The van der Waals surface area contributed by atoms with Gasteiger partial charge in [0.1, 0.15) is 5.60 Å². The summed E-state index contributed by atoms with van der Waals surface area (Å²) in [5, 5.41) is 6.17.